The second-order valence-electron chi connectivity index (χ2n) is 7.73. The number of halogens is 2. The number of hydrogen-bond donors (Lipinski definition) is 1. The van der Waals surface area contributed by atoms with Crippen LogP contribution in [0.15, 0.2) is 64.0 Å². The molecule has 0 unspecified atom stereocenters. The van der Waals surface area contributed by atoms with Crippen molar-refractivity contribution in [2.24, 2.45) is 0 Å². The Labute approximate surface area is 181 Å². The van der Waals surface area contributed by atoms with Crippen LogP contribution < -0.4 is 4.90 Å². The summed E-state index contributed by atoms with van der Waals surface area (Å²) in [7, 11) is 2.03. The molecule has 0 bridgehead atoms. The molecule has 4 nitrogen and oxygen atoms in total. The average molecular weight is 429 g/mol. The first-order valence-corrected chi connectivity index (χ1v) is 10.1. The lowest BCUT2D eigenvalue weighted by molar-refractivity contribution is -0.132. The van der Waals surface area contributed by atoms with Crippen molar-refractivity contribution in [1.82, 2.24) is 0 Å². The van der Waals surface area contributed by atoms with E-state index in [9.17, 15) is 4.79 Å². The number of aliphatic carboxylic acids is 1. The number of carboxylic acid groups (broad SMARTS) is 1. The number of fused-ring (bicyclic) bond motifs is 1. The fourth-order valence-corrected chi connectivity index (χ4v) is 4.46. The average Bonchev–Trinajstić information content (AvgIpc) is 2.85. The molecule has 0 saturated heterocycles. The molecule has 1 aliphatic heterocycles. The van der Waals surface area contributed by atoms with Crippen molar-refractivity contribution in [1.29, 1.82) is 0 Å². The zero-order valence-electron chi connectivity index (χ0n) is 16.6. The lowest BCUT2D eigenvalue weighted by atomic mass is 9.83. The summed E-state index contributed by atoms with van der Waals surface area (Å²) in [6, 6.07) is 5.93. The van der Waals surface area contributed by atoms with Gasteiger partial charge in [0.2, 0.25) is 0 Å². The Kier molecular flexibility index (Phi) is 5.93. The molecule has 1 aliphatic carbocycles. The quantitative estimate of drug-likeness (QED) is 0.444. The fourth-order valence-electron chi connectivity index (χ4n) is 3.98. The van der Waals surface area contributed by atoms with Crippen LogP contribution >= 0.6 is 23.2 Å². The monoisotopic (exact) mass is 428 g/mol. The lowest BCUT2D eigenvalue weighted by Gasteiger charge is -2.24. The van der Waals surface area contributed by atoms with Crippen molar-refractivity contribution in [3.8, 4) is 0 Å². The predicted molar refractivity (Wildman–Crippen MR) is 118 cm³/mol. The van der Waals surface area contributed by atoms with E-state index in [1.807, 2.05) is 31.3 Å². The highest BCUT2D eigenvalue weighted by Crippen LogP contribution is 2.48. The van der Waals surface area contributed by atoms with Gasteiger partial charge in [-0.15, -0.1) is 0 Å². The molecule has 2 aliphatic rings. The zero-order chi connectivity index (χ0) is 21.3. The van der Waals surface area contributed by atoms with E-state index in [0.717, 1.165) is 29.8 Å². The Morgan fingerprint density at radius 1 is 1.28 bits per heavy atom. The molecule has 0 radical (unpaired) electrons. The summed E-state index contributed by atoms with van der Waals surface area (Å²) < 4.78 is 0. The van der Waals surface area contributed by atoms with E-state index in [1.165, 1.54) is 11.6 Å². The molecular weight excluding hydrogens is 407 g/mol. The highest BCUT2D eigenvalue weighted by Gasteiger charge is 2.38. The van der Waals surface area contributed by atoms with Crippen molar-refractivity contribution in [3.63, 3.8) is 0 Å². The van der Waals surface area contributed by atoms with Crippen molar-refractivity contribution >= 4 is 34.9 Å². The summed E-state index contributed by atoms with van der Waals surface area (Å²) in [6.45, 7) is 11.4. The van der Waals surface area contributed by atoms with Crippen molar-refractivity contribution in [2.75, 3.05) is 11.9 Å². The molecule has 1 N–H and O–H groups in total. The van der Waals surface area contributed by atoms with Gasteiger partial charge in [0, 0.05) is 33.9 Å². The van der Waals surface area contributed by atoms with Crippen LogP contribution in [-0.4, -0.2) is 18.1 Å². The Bertz CT molecular complexity index is 1040. The summed E-state index contributed by atoms with van der Waals surface area (Å²) in [5.74, 6) is -1.24. The van der Waals surface area contributed by atoms with Gasteiger partial charge in [-0.3, -0.25) is 4.79 Å². The van der Waals surface area contributed by atoms with Gasteiger partial charge in [0.15, 0.2) is 0 Å². The third-order valence-corrected chi connectivity index (χ3v) is 6.26. The van der Waals surface area contributed by atoms with Crippen molar-refractivity contribution < 1.29 is 9.90 Å². The third kappa shape index (κ3) is 3.99. The number of anilines is 1. The number of allylic oxidation sites excluding steroid dienone is 7. The summed E-state index contributed by atoms with van der Waals surface area (Å²) in [5, 5.41) is 10.4. The summed E-state index contributed by atoms with van der Waals surface area (Å²) >= 11 is 12.8. The van der Waals surface area contributed by atoms with Gasteiger partial charge in [0.05, 0.1) is 6.57 Å². The molecule has 0 fully saturated rings. The summed E-state index contributed by atoms with van der Waals surface area (Å²) in [6.07, 6.45) is 7.80. The number of likely N-dealkylation sites (N-methyl/N-ethyl adjacent to an activating group) is 1. The van der Waals surface area contributed by atoms with Gasteiger partial charge in [-0.1, -0.05) is 43.1 Å². The molecule has 29 heavy (non-hydrogen) atoms. The Balaban J connectivity index is 2.00. The first-order valence-electron chi connectivity index (χ1n) is 9.33. The molecule has 0 saturated carbocycles. The Hall–Kier alpha value is -2.48. The highest BCUT2D eigenvalue weighted by atomic mass is 35.5. The third-order valence-electron chi connectivity index (χ3n) is 5.54. The maximum absolute atomic E-state index is 11.1. The second kappa shape index (κ2) is 8.10. The van der Waals surface area contributed by atoms with Crippen molar-refractivity contribution in [2.45, 2.75) is 38.5 Å². The summed E-state index contributed by atoms with van der Waals surface area (Å²) in [4.78, 5) is 16.4. The van der Waals surface area contributed by atoms with Gasteiger partial charge in [-0.05, 0) is 66.3 Å². The Morgan fingerprint density at radius 2 is 2.00 bits per heavy atom. The molecule has 1 heterocycles. The van der Waals surface area contributed by atoms with E-state index < -0.39 is 5.97 Å². The van der Waals surface area contributed by atoms with E-state index in [4.69, 9.17) is 34.9 Å². The molecule has 0 atom stereocenters. The molecule has 6 heteroatoms. The van der Waals surface area contributed by atoms with Gasteiger partial charge in [-0.2, -0.15) is 0 Å². The molecule has 150 valence electrons. The van der Waals surface area contributed by atoms with Crippen LogP contribution in [0, 0.1) is 6.57 Å². The minimum Gasteiger partial charge on any atom is -0.486 e. The maximum atomic E-state index is 11.1. The molecule has 0 amide bonds. The first-order chi connectivity index (χ1) is 13.7. The SMILES string of the molecule is [C-]#[N+]C(=CC1=C(Cl)C(=CC=C2N(C)c3ccc(Cl)cc3C2(C)C)CCC1)C(=O)O. The van der Waals surface area contributed by atoms with E-state index >= 15 is 0 Å². The van der Waals surface area contributed by atoms with Crippen molar-refractivity contribution in [3.05, 3.63) is 86.0 Å². The van der Waals surface area contributed by atoms with Crippen LogP contribution in [0.5, 0.6) is 0 Å². The summed E-state index contributed by atoms with van der Waals surface area (Å²) in [5.41, 5.74) is 4.55. The minimum atomic E-state index is -1.24. The first kappa shape index (κ1) is 21.2. The maximum Gasteiger partial charge on any atom is 0.333 e. The van der Waals surface area contributed by atoms with Gasteiger partial charge in [0.25, 0.3) is 5.70 Å². The van der Waals surface area contributed by atoms with Crippen LogP contribution in [0.25, 0.3) is 4.85 Å². The highest BCUT2D eigenvalue weighted by molar-refractivity contribution is 6.32. The molecule has 1 aromatic carbocycles. The Morgan fingerprint density at radius 3 is 2.66 bits per heavy atom. The fraction of sp³-hybridized carbons (Fsp3) is 0.304. The minimum absolute atomic E-state index is 0.208. The van der Waals surface area contributed by atoms with Crippen LogP contribution in [-0.2, 0) is 10.2 Å². The number of hydrogen-bond acceptors (Lipinski definition) is 2. The van der Waals surface area contributed by atoms with Crippen LogP contribution in [0.1, 0.15) is 38.7 Å². The van der Waals surface area contributed by atoms with Crippen LogP contribution in [0.2, 0.25) is 5.02 Å². The smallest absolute Gasteiger partial charge is 0.333 e. The second-order valence-corrected chi connectivity index (χ2v) is 8.54. The number of carboxylic acids is 1. The van der Waals surface area contributed by atoms with Gasteiger partial charge in [-0.25, -0.2) is 4.85 Å². The molecule has 3 rings (SSSR count). The van der Waals surface area contributed by atoms with E-state index in [-0.39, 0.29) is 11.1 Å². The standard InChI is InChI=1S/C23H22Cl2N2O2/c1-23(2)17-13-16(24)9-10-19(17)27(4)20(23)11-8-14-6-5-7-15(21(14)25)12-18(26-3)22(28)29/h8-13H,5-7H2,1-2,4H3,(H,28,29). The largest absolute Gasteiger partial charge is 0.486 e. The van der Waals surface area contributed by atoms with Gasteiger partial charge >= 0.3 is 5.97 Å². The van der Waals surface area contributed by atoms with Gasteiger partial charge in [0.1, 0.15) is 0 Å². The number of carbonyl (C=O) groups is 1. The molecular formula is C23H22Cl2N2O2. The molecule has 0 aromatic heterocycles. The van der Waals surface area contributed by atoms with Crippen LogP contribution in [0.3, 0.4) is 0 Å². The normalized spacial score (nSPS) is 21.5. The molecule has 0 spiro atoms. The van der Waals surface area contributed by atoms with E-state index in [2.05, 4.69) is 29.7 Å². The zero-order valence-corrected chi connectivity index (χ0v) is 18.1. The number of rotatable bonds is 3. The van der Waals surface area contributed by atoms with E-state index in [1.54, 1.807) is 0 Å². The predicted octanol–water partition coefficient (Wildman–Crippen LogP) is 6.44. The lowest BCUT2D eigenvalue weighted by Crippen LogP contribution is -2.22. The van der Waals surface area contributed by atoms with E-state index in [0.29, 0.717) is 22.0 Å². The number of benzene rings is 1. The van der Waals surface area contributed by atoms with Gasteiger partial charge < -0.3 is 10.0 Å². The van der Waals surface area contributed by atoms with Crippen LogP contribution in [0.4, 0.5) is 5.69 Å². The molecule has 1 aromatic rings. The number of nitrogens with zero attached hydrogens (tertiary/aromatic N) is 2. The topological polar surface area (TPSA) is 44.9 Å².